The van der Waals surface area contributed by atoms with Crippen LogP contribution in [0.4, 0.5) is 0 Å². The lowest BCUT2D eigenvalue weighted by atomic mass is 10.2. The first-order chi connectivity index (χ1) is 8.93. The van der Waals surface area contributed by atoms with Gasteiger partial charge in [0.25, 0.3) is 9.05 Å². The largest absolute Gasteiger partial charge is 0.461 e. The van der Waals surface area contributed by atoms with Gasteiger partial charge in [0.05, 0.1) is 6.61 Å². The molecule has 0 N–H and O–H groups in total. The van der Waals surface area contributed by atoms with Crippen molar-refractivity contribution in [2.75, 3.05) is 6.61 Å². The molecular weight excluding hydrogens is 290 g/mol. The quantitative estimate of drug-likeness (QED) is 0.633. The summed E-state index contributed by atoms with van der Waals surface area (Å²) in [6.45, 7) is 1.96. The standard InChI is InChI=1S/C12H16ClNO4S/c1-2-18-12(15)11-7-10(19(13,16)17)8-14(11)9-5-3-4-6-9/h7-9H,2-6H2,1H3. The number of nitrogens with zero attached hydrogens (tertiary/aromatic N) is 1. The number of esters is 1. The first-order valence-electron chi connectivity index (χ1n) is 6.27. The molecule has 7 heteroatoms. The summed E-state index contributed by atoms with van der Waals surface area (Å²) in [7, 11) is 1.50. The molecule has 1 aromatic rings. The lowest BCUT2D eigenvalue weighted by molar-refractivity contribution is 0.0511. The molecule has 0 saturated heterocycles. The first-order valence-corrected chi connectivity index (χ1v) is 8.58. The van der Waals surface area contributed by atoms with Crippen molar-refractivity contribution >= 4 is 25.7 Å². The van der Waals surface area contributed by atoms with Crippen molar-refractivity contribution in [3.8, 4) is 0 Å². The minimum atomic E-state index is -3.84. The number of carbonyl (C=O) groups excluding carboxylic acids is 1. The molecule has 5 nitrogen and oxygen atoms in total. The maximum absolute atomic E-state index is 11.9. The second kappa shape index (κ2) is 5.54. The van der Waals surface area contributed by atoms with Crippen molar-refractivity contribution in [3.63, 3.8) is 0 Å². The Labute approximate surface area is 116 Å². The van der Waals surface area contributed by atoms with Crippen LogP contribution in [0.5, 0.6) is 0 Å². The smallest absolute Gasteiger partial charge is 0.354 e. The molecule has 0 bridgehead atoms. The van der Waals surface area contributed by atoms with E-state index in [0.717, 1.165) is 25.7 Å². The maximum Gasteiger partial charge on any atom is 0.354 e. The third kappa shape index (κ3) is 3.12. The Bertz CT molecular complexity index is 573. The van der Waals surface area contributed by atoms with E-state index in [4.69, 9.17) is 15.4 Å². The molecule has 1 fully saturated rings. The molecule has 0 aromatic carbocycles. The van der Waals surface area contributed by atoms with Crippen LogP contribution in [-0.4, -0.2) is 25.6 Å². The molecule has 1 aliphatic rings. The van der Waals surface area contributed by atoms with Crippen LogP contribution in [-0.2, 0) is 13.8 Å². The van der Waals surface area contributed by atoms with Crippen molar-refractivity contribution in [1.82, 2.24) is 4.57 Å². The maximum atomic E-state index is 11.9. The Morgan fingerprint density at radius 2 is 2.11 bits per heavy atom. The average molecular weight is 306 g/mol. The van der Waals surface area contributed by atoms with Crippen molar-refractivity contribution in [2.24, 2.45) is 0 Å². The summed E-state index contributed by atoms with van der Waals surface area (Å²) < 4.78 is 29.4. The molecule has 0 radical (unpaired) electrons. The number of halogens is 1. The third-order valence-corrected chi connectivity index (χ3v) is 4.63. The minimum absolute atomic E-state index is 0.0517. The van der Waals surface area contributed by atoms with E-state index < -0.39 is 15.0 Å². The average Bonchev–Trinajstić information content (AvgIpc) is 2.97. The number of hydrogen-bond acceptors (Lipinski definition) is 4. The summed E-state index contributed by atoms with van der Waals surface area (Å²) in [6, 6.07) is 1.44. The molecule has 19 heavy (non-hydrogen) atoms. The van der Waals surface area contributed by atoms with Gasteiger partial charge in [0.2, 0.25) is 0 Å². The summed E-state index contributed by atoms with van der Waals surface area (Å²) >= 11 is 0. The Hall–Kier alpha value is -1.01. The fourth-order valence-corrected chi connectivity index (χ4v) is 3.19. The molecule has 2 rings (SSSR count). The van der Waals surface area contributed by atoms with Gasteiger partial charge in [0.1, 0.15) is 10.6 Å². The fourth-order valence-electron chi connectivity index (χ4n) is 2.44. The van der Waals surface area contributed by atoms with Crippen LogP contribution in [0.25, 0.3) is 0 Å². The molecule has 1 saturated carbocycles. The molecule has 0 atom stereocenters. The zero-order valence-electron chi connectivity index (χ0n) is 10.6. The molecule has 0 spiro atoms. The molecule has 1 aliphatic carbocycles. The monoisotopic (exact) mass is 305 g/mol. The molecule has 0 unspecified atom stereocenters. The summed E-state index contributed by atoms with van der Waals surface area (Å²) in [5, 5.41) is 0. The lowest BCUT2D eigenvalue weighted by Crippen LogP contribution is -2.14. The highest BCUT2D eigenvalue weighted by Crippen LogP contribution is 2.33. The van der Waals surface area contributed by atoms with Gasteiger partial charge in [0.15, 0.2) is 0 Å². The van der Waals surface area contributed by atoms with Gasteiger partial charge in [-0.1, -0.05) is 12.8 Å². The van der Waals surface area contributed by atoms with E-state index in [1.54, 1.807) is 11.5 Å². The first kappa shape index (κ1) is 14.4. The Morgan fingerprint density at radius 3 is 2.63 bits per heavy atom. The lowest BCUT2D eigenvalue weighted by Gasteiger charge is -2.14. The number of carbonyl (C=O) groups is 1. The third-order valence-electron chi connectivity index (χ3n) is 3.31. The van der Waals surface area contributed by atoms with Gasteiger partial charge in [-0.2, -0.15) is 0 Å². The van der Waals surface area contributed by atoms with E-state index in [0.29, 0.717) is 0 Å². The van der Waals surface area contributed by atoms with Crippen molar-refractivity contribution < 1.29 is 17.9 Å². The Kier molecular flexibility index (Phi) is 4.20. The molecule has 1 aromatic heterocycles. The highest BCUT2D eigenvalue weighted by atomic mass is 35.7. The van der Waals surface area contributed by atoms with Crippen LogP contribution in [0.3, 0.4) is 0 Å². The van der Waals surface area contributed by atoms with Crippen molar-refractivity contribution in [3.05, 3.63) is 18.0 Å². The van der Waals surface area contributed by atoms with Gasteiger partial charge in [-0.3, -0.25) is 0 Å². The number of rotatable bonds is 4. The molecule has 0 amide bonds. The van der Waals surface area contributed by atoms with Crippen molar-refractivity contribution in [2.45, 2.75) is 43.5 Å². The Balaban J connectivity index is 2.43. The van der Waals surface area contributed by atoms with Crippen LogP contribution >= 0.6 is 10.7 Å². The van der Waals surface area contributed by atoms with Crippen LogP contribution in [0.15, 0.2) is 17.2 Å². The zero-order chi connectivity index (χ0) is 14.0. The Morgan fingerprint density at radius 1 is 1.47 bits per heavy atom. The predicted octanol–water partition coefficient (Wildman–Crippen LogP) is 2.71. The number of hydrogen-bond donors (Lipinski definition) is 0. The van der Waals surface area contributed by atoms with E-state index in [9.17, 15) is 13.2 Å². The van der Waals surface area contributed by atoms with E-state index in [2.05, 4.69) is 0 Å². The topological polar surface area (TPSA) is 65.4 Å². The van der Waals surface area contributed by atoms with Gasteiger partial charge in [0, 0.05) is 22.9 Å². The SMILES string of the molecule is CCOC(=O)c1cc(S(=O)(=O)Cl)cn1C1CCCC1. The molecule has 1 heterocycles. The minimum Gasteiger partial charge on any atom is -0.461 e. The summed E-state index contributed by atoms with van der Waals surface area (Å²) in [5.74, 6) is -0.513. The molecular formula is C12H16ClNO4S. The normalized spacial score (nSPS) is 16.7. The number of aromatic nitrogens is 1. The zero-order valence-corrected chi connectivity index (χ0v) is 12.2. The van der Waals surface area contributed by atoms with E-state index >= 15 is 0 Å². The van der Waals surface area contributed by atoms with Crippen LogP contribution in [0.2, 0.25) is 0 Å². The van der Waals surface area contributed by atoms with Gasteiger partial charge >= 0.3 is 5.97 Å². The second-order valence-corrected chi connectivity index (χ2v) is 7.13. The summed E-state index contributed by atoms with van der Waals surface area (Å²) in [4.78, 5) is 11.8. The molecule has 106 valence electrons. The highest BCUT2D eigenvalue weighted by molar-refractivity contribution is 8.13. The van der Waals surface area contributed by atoms with Gasteiger partial charge in [-0.15, -0.1) is 0 Å². The number of ether oxygens (including phenoxy) is 1. The summed E-state index contributed by atoms with van der Waals surface area (Å²) in [6.07, 6.45) is 5.46. The predicted molar refractivity (Wildman–Crippen MR) is 70.9 cm³/mol. The van der Waals surface area contributed by atoms with E-state index in [-0.39, 0.29) is 23.2 Å². The fraction of sp³-hybridized carbons (Fsp3) is 0.583. The van der Waals surface area contributed by atoms with Gasteiger partial charge < -0.3 is 9.30 Å². The van der Waals surface area contributed by atoms with Gasteiger partial charge in [-0.05, 0) is 25.8 Å². The van der Waals surface area contributed by atoms with E-state index in [1.165, 1.54) is 12.3 Å². The van der Waals surface area contributed by atoms with Crippen LogP contribution in [0.1, 0.15) is 49.1 Å². The van der Waals surface area contributed by atoms with E-state index in [1.807, 2.05) is 0 Å². The second-order valence-electron chi connectivity index (χ2n) is 4.56. The van der Waals surface area contributed by atoms with Crippen molar-refractivity contribution in [1.29, 1.82) is 0 Å². The summed E-state index contributed by atoms with van der Waals surface area (Å²) in [5.41, 5.74) is 0.257. The van der Waals surface area contributed by atoms with Gasteiger partial charge in [-0.25, -0.2) is 13.2 Å². The highest BCUT2D eigenvalue weighted by Gasteiger charge is 2.26. The van der Waals surface area contributed by atoms with Crippen LogP contribution in [0, 0.1) is 0 Å². The van der Waals surface area contributed by atoms with Crippen LogP contribution < -0.4 is 0 Å². The molecule has 0 aliphatic heterocycles.